The molecule has 0 spiro atoms. The Hall–Kier alpha value is -1.20. The maximum absolute atomic E-state index is 12.7. The minimum absolute atomic E-state index is 0.258. The van der Waals surface area contributed by atoms with Gasteiger partial charge in [-0.3, -0.25) is 0 Å². The van der Waals surface area contributed by atoms with Gasteiger partial charge in [-0.25, -0.2) is 10.2 Å². The molecule has 70 valence electrons. The molecular weight excluding hydrogens is 189 g/mol. The van der Waals surface area contributed by atoms with Gasteiger partial charge < -0.3 is 10.7 Å². The molecule has 0 radical (unpaired) electrons. The van der Waals surface area contributed by atoms with Crippen LogP contribution in [-0.4, -0.2) is 5.11 Å². The van der Waals surface area contributed by atoms with Crippen LogP contribution in [0.4, 0.5) is 4.39 Å². The molecule has 0 bridgehead atoms. The van der Waals surface area contributed by atoms with Crippen molar-refractivity contribution in [1.82, 2.24) is 10.7 Å². The molecule has 0 fully saturated rings. The number of nitrogens with one attached hydrogen (secondary N) is 2. The molecule has 0 aliphatic rings. The Morgan fingerprint density at radius 2 is 2.31 bits per heavy atom. The Bertz CT molecular complexity index is 303. The standard InChI is InChI=1S/C8H10FN3S/c9-7-3-1-2-6(4-7)5-11-8(13)12-10/h1-4H,5,10H2,(H2,11,12,13). The maximum atomic E-state index is 12.7. The Labute approximate surface area is 81.1 Å². The molecule has 1 aromatic rings. The third-order valence-electron chi connectivity index (χ3n) is 1.47. The second-order valence-corrected chi connectivity index (χ2v) is 2.87. The molecule has 0 heterocycles. The van der Waals surface area contributed by atoms with Crippen molar-refractivity contribution in [1.29, 1.82) is 0 Å². The van der Waals surface area contributed by atoms with Crippen LogP contribution in [0.5, 0.6) is 0 Å². The predicted molar refractivity (Wildman–Crippen MR) is 53.2 cm³/mol. The zero-order valence-corrected chi connectivity index (χ0v) is 7.70. The minimum atomic E-state index is -0.258. The largest absolute Gasteiger partial charge is 0.358 e. The molecule has 1 aromatic carbocycles. The van der Waals surface area contributed by atoms with Gasteiger partial charge in [-0.1, -0.05) is 12.1 Å². The quantitative estimate of drug-likeness (QED) is 0.372. The lowest BCUT2D eigenvalue weighted by atomic mass is 10.2. The lowest BCUT2D eigenvalue weighted by Gasteiger charge is -2.06. The van der Waals surface area contributed by atoms with Gasteiger partial charge in [0.15, 0.2) is 5.11 Å². The molecule has 0 atom stereocenters. The molecular formula is C8H10FN3S. The van der Waals surface area contributed by atoms with Gasteiger partial charge in [0.2, 0.25) is 0 Å². The van der Waals surface area contributed by atoms with Crippen molar-refractivity contribution in [3.63, 3.8) is 0 Å². The number of hydrazine groups is 1. The number of nitrogens with two attached hydrogens (primary N) is 1. The van der Waals surface area contributed by atoms with E-state index in [4.69, 9.17) is 18.1 Å². The van der Waals surface area contributed by atoms with Crippen LogP contribution in [0.3, 0.4) is 0 Å². The fraction of sp³-hybridized carbons (Fsp3) is 0.125. The number of hydrogen-bond donors (Lipinski definition) is 3. The summed E-state index contributed by atoms with van der Waals surface area (Å²) >= 11 is 4.75. The normalized spacial score (nSPS) is 9.38. The van der Waals surface area contributed by atoms with Crippen molar-refractivity contribution in [2.45, 2.75) is 6.54 Å². The van der Waals surface area contributed by atoms with E-state index in [1.807, 2.05) is 0 Å². The lowest BCUT2D eigenvalue weighted by Crippen LogP contribution is -2.39. The van der Waals surface area contributed by atoms with Crippen molar-refractivity contribution in [2.75, 3.05) is 0 Å². The molecule has 5 heteroatoms. The first-order chi connectivity index (χ1) is 6.22. The molecule has 0 aromatic heterocycles. The molecule has 3 nitrogen and oxygen atoms in total. The first kappa shape index (κ1) is 9.88. The van der Waals surface area contributed by atoms with E-state index in [0.717, 1.165) is 5.56 Å². The summed E-state index contributed by atoms with van der Waals surface area (Å²) < 4.78 is 12.7. The molecule has 0 aliphatic carbocycles. The van der Waals surface area contributed by atoms with Crippen LogP contribution in [0.1, 0.15) is 5.56 Å². The molecule has 0 amide bonds. The van der Waals surface area contributed by atoms with E-state index in [2.05, 4.69) is 10.7 Å². The van der Waals surface area contributed by atoms with Crippen LogP contribution in [-0.2, 0) is 6.54 Å². The third kappa shape index (κ3) is 3.35. The van der Waals surface area contributed by atoms with Crippen molar-refractivity contribution in [3.05, 3.63) is 35.6 Å². The number of benzene rings is 1. The monoisotopic (exact) mass is 199 g/mol. The summed E-state index contributed by atoms with van der Waals surface area (Å²) in [5, 5.41) is 3.14. The number of halogens is 1. The molecule has 4 N–H and O–H groups in total. The van der Waals surface area contributed by atoms with E-state index in [9.17, 15) is 4.39 Å². The Kier molecular flexibility index (Phi) is 3.60. The van der Waals surface area contributed by atoms with E-state index < -0.39 is 0 Å². The highest BCUT2D eigenvalue weighted by atomic mass is 32.1. The van der Waals surface area contributed by atoms with E-state index in [0.29, 0.717) is 11.7 Å². The van der Waals surface area contributed by atoms with Gasteiger partial charge in [-0.2, -0.15) is 0 Å². The van der Waals surface area contributed by atoms with E-state index in [1.165, 1.54) is 12.1 Å². The summed E-state index contributed by atoms with van der Waals surface area (Å²) in [6.45, 7) is 0.459. The highest BCUT2D eigenvalue weighted by Gasteiger charge is 1.95. The van der Waals surface area contributed by atoms with Crippen LogP contribution in [0, 0.1) is 5.82 Å². The number of hydrogen-bond acceptors (Lipinski definition) is 2. The zero-order valence-electron chi connectivity index (χ0n) is 6.88. The Balaban J connectivity index is 2.50. The van der Waals surface area contributed by atoms with Crippen molar-refractivity contribution in [2.24, 2.45) is 5.84 Å². The summed E-state index contributed by atoms with van der Waals surface area (Å²) in [6.07, 6.45) is 0. The average molecular weight is 199 g/mol. The average Bonchev–Trinajstić information content (AvgIpc) is 2.14. The summed E-state index contributed by atoms with van der Waals surface area (Å²) in [5.74, 6) is 4.78. The van der Waals surface area contributed by atoms with Crippen molar-refractivity contribution < 1.29 is 4.39 Å². The van der Waals surface area contributed by atoms with Crippen LogP contribution in [0.15, 0.2) is 24.3 Å². The topological polar surface area (TPSA) is 50.1 Å². The van der Waals surface area contributed by atoms with Crippen LogP contribution in [0.25, 0.3) is 0 Å². The van der Waals surface area contributed by atoms with Gasteiger partial charge in [-0.05, 0) is 29.9 Å². The second-order valence-electron chi connectivity index (χ2n) is 2.46. The molecule has 13 heavy (non-hydrogen) atoms. The van der Waals surface area contributed by atoms with Crippen molar-refractivity contribution in [3.8, 4) is 0 Å². The van der Waals surface area contributed by atoms with Gasteiger partial charge in [0.05, 0.1) is 0 Å². The summed E-state index contributed by atoms with van der Waals surface area (Å²) in [5.41, 5.74) is 3.09. The van der Waals surface area contributed by atoms with E-state index in [-0.39, 0.29) is 5.82 Å². The first-order valence-corrected chi connectivity index (χ1v) is 4.12. The van der Waals surface area contributed by atoms with Gasteiger partial charge in [0.25, 0.3) is 0 Å². The second kappa shape index (κ2) is 4.74. The van der Waals surface area contributed by atoms with Crippen molar-refractivity contribution >= 4 is 17.3 Å². The molecule has 0 unspecified atom stereocenters. The van der Waals surface area contributed by atoms with Crippen LogP contribution < -0.4 is 16.6 Å². The first-order valence-electron chi connectivity index (χ1n) is 3.71. The highest BCUT2D eigenvalue weighted by Crippen LogP contribution is 2.02. The van der Waals surface area contributed by atoms with Gasteiger partial charge in [0, 0.05) is 6.54 Å². The molecule has 0 saturated carbocycles. The summed E-state index contributed by atoms with van der Waals surface area (Å²) in [7, 11) is 0. The minimum Gasteiger partial charge on any atom is -0.358 e. The predicted octanol–water partition coefficient (Wildman–Crippen LogP) is 0.664. The smallest absolute Gasteiger partial charge is 0.180 e. The van der Waals surface area contributed by atoms with E-state index in [1.54, 1.807) is 12.1 Å². The molecule has 1 rings (SSSR count). The van der Waals surface area contributed by atoms with Gasteiger partial charge in [0.1, 0.15) is 5.82 Å². The Morgan fingerprint density at radius 3 is 2.92 bits per heavy atom. The molecule has 0 aliphatic heterocycles. The highest BCUT2D eigenvalue weighted by molar-refractivity contribution is 7.80. The fourth-order valence-corrected chi connectivity index (χ4v) is 0.952. The number of thiocarbonyl (C=S) groups is 1. The van der Waals surface area contributed by atoms with Crippen LogP contribution in [0.2, 0.25) is 0 Å². The Morgan fingerprint density at radius 1 is 1.54 bits per heavy atom. The summed E-state index contributed by atoms with van der Waals surface area (Å²) in [4.78, 5) is 0. The summed E-state index contributed by atoms with van der Waals surface area (Å²) in [6, 6.07) is 6.27. The zero-order chi connectivity index (χ0) is 9.68. The number of rotatable bonds is 2. The SMILES string of the molecule is NNC(=S)NCc1cccc(F)c1. The third-order valence-corrected chi connectivity index (χ3v) is 1.74. The van der Waals surface area contributed by atoms with Crippen LogP contribution >= 0.6 is 12.2 Å². The fourth-order valence-electron chi connectivity index (χ4n) is 0.880. The lowest BCUT2D eigenvalue weighted by molar-refractivity contribution is 0.624. The van der Waals surface area contributed by atoms with E-state index >= 15 is 0 Å². The molecule has 0 saturated heterocycles. The van der Waals surface area contributed by atoms with Gasteiger partial charge in [-0.15, -0.1) is 0 Å². The maximum Gasteiger partial charge on any atom is 0.180 e. The van der Waals surface area contributed by atoms with Gasteiger partial charge >= 0.3 is 0 Å².